The lowest BCUT2D eigenvalue weighted by Crippen LogP contribution is -2.43. The van der Waals surface area contributed by atoms with Crippen molar-refractivity contribution in [2.24, 2.45) is 12.5 Å². The number of carboxylic acids is 1. The number of hydrogen-bond donors (Lipinski definition) is 3. The van der Waals surface area contributed by atoms with Gasteiger partial charge in [-0.25, -0.2) is 9.55 Å². The van der Waals surface area contributed by atoms with Gasteiger partial charge in [-0.1, -0.05) is 24.3 Å². The molecule has 3 heterocycles. The molecule has 0 saturated carbocycles. The summed E-state index contributed by atoms with van der Waals surface area (Å²) in [6.45, 7) is 0.259. The maximum Gasteiger partial charge on any atom is 0.304 e. The molecule has 5 rings (SSSR count). The Morgan fingerprint density at radius 2 is 1.86 bits per heavy atom. The quantitative estimate of drug-likeness (QED) is 0.305. The Labute approximate surface area is 213 Å². The molecule has 9 heteroatoms. The first-order chi connectivity index (χ1) is 17.4. The number of aryl methyl sites for hydroxylation is 3. The Morgan fingerprint density at radius 1 is 1.14 bits per heavy atom. The number of aromatic nitrogens is 4. The van der Waals surface area contributed by atoms with E-state index < -0.39 is 11.4 Å². The van der Waals surface area contributed by atoms with Crippen molar-refractivity contribution in [3.05, 3.63) is 87.8 Å². The van der Waals surface area contributed by atoms with Crippen LogP contribution < -0.4 is 9.88 Å². The van der Waals surface area contributed by atoms with Crippen LogP contribution in [-0.4, -0.2) is 32.2 Å². The highest BCUT2D eigenvalue weighted by Crippen LogP contribution is 2.40. The maximum atomic E-state index is 13.3. The third-order valence-corrected chi connectivity index (χ3v) is 7.65. The van der Waals surface area contributed by atoms with Crippen LogP contribution in [0.2, 0.25) is 0 Å². The zero-order chi connectivity index (χ0) is 25.1. The number of fused-ring (bicyclic) bond motifs is 1. The number of aliphatic carboxylic acids is 1. The van der Waals surface area contributed by atoms with Crippen LogP contribution >= 0.6 is 11.3 Å². The minimum atomic E-state index is -0.970. The Hall–Kier alpha value is -3.85. The Morgan fingerprint density at radius 3 is 2.56 bits per heavy atom. The molecule has 0 fully saturated rings. The van der Waals surface area contributed by atoms with Crippen LogP contribution in [0.5, 0.6) is 0 Å². The molecule has 1 amide bonds. The van der Waals surface area contributed by atoms with Gasteiger partial charge >= 0.3 is 5.97 Å². The molecule has 0 unspecified atom stereocenters. The van der Waals surface area contributed by atoms with Crippen LogP contribution in [0.25, 0.3) is 11.3 Å². The number of nitrogens with one attached hydrogen (secondary N) is 2. The van der Waals surface area contributed by atoms with Crippen LogP contribution in [0.15, 0.2) is 60.4 Å². The van der Waals surface area contributed by atoms with E-state index in [0.717, 1.165) is 45.9 Å². The van der Waals surface area contributed by atoms with Crippen LogP contribution in [0.1, 0.15) is 33.8 Å². The van der Waals surface area contributed by atoms with Gasteiger partial charge in [-0.3, -0.25) is 14.7 Å². The highest BCUT2D eigenvalue weighted by atomic mass is 32.1. The van der Waals surface area contributed by atoms with Crippen molar-refractivity contribution < 1.29 is 19.3 Å². The summed E-state index contributed by atoms with van der Waals surface area (Å²) in [4.78, 5) is 29.6. The number of nitrogens with zero attached hydrogens (tertiary/aromatic N) is 3. The van der Waals surface area contributed by atoms with Crippen molar-refractivity contribution in [3.8, 4) is 11.3 Å². The summed E-state index contributed by atoms with van der Waals surface area (Å²) >= 11 is 1.47. The minimum absolute atomic E-state index is 0.200. The van der Waals surface area contributed by atoms with Crippen molar-refractivity contribution in [3.63, 3.8) is 0 Å². The summed E-state index contributed by atoms with van der Waals surface area (Å²) in [5.74, 6) is -1.20. The largest absolute Gasteiger partial charge is 0.481 e. The molecule has 1 aliphatic carbocycles. The predicted molar refractivity (Wildman–Crippen MR) is 135 cm³/mol. The molecule has 4 aromatic rings. The fraction of sp³-hybridized carbons (Fsp3) is 0.296. The normalized spacial score (nSPS) is 13.9. The average Bonchev–Trinajstić information content (AvgIpc) is 3.59. The van der Waals surface area contributed by atoms with E-state index in [1.165, 1.54) is 16.9 Å². The van der Waals surface area contributed by atoms with E-state index in [4.69, 9.17) is 4.98 Å². The summed E-state index contributed by atoms with van der Waals surface area (Å²) in [6, 6.07) is 12.0. The third kappa shape index (κ3) is 5.06. The van der Waals surface area contributed by atoms with E-state index in [1.54, 1.807) is 6.20 Å². The standard InChI is InChI=1S/C27H27N5O3S/c1-32-10-8-18(9-11-32)6-7-22-21(15-29-31-22)23-17-36-24(30-23)16-28-26(35)27(14-25(33)34)12-19-4-2-3-5-20(19)13-27/h2-5,8-11,15,17H,6-7,12-14,16H2,1H3,(H2-,28,29,31,33,34,35)/p+1. The number of aromatic amines is 1. The van der Waals surface area contributed by atoms with Crippen molar-refractivity contribution in [2.75, 3.05) is 0 Å². The first-order valence-corrected chi connectivity index (χ1v) is 12.8. The molecule has 0 spiro atoms. The number of carbonyl (C=O) groups excluding carboxylic acids is 1. The van der Waals surface area contributed by atoms with E-state index in [0.29, 0.717) is 12.8 Å². The number of carboxylic acid groups (broad SMARTS) is 1. The summed E-state index contributed by atoms with van der Waals surface area (Å²) in [5, 5.41) is 22.5. The SMILES string of the molecule is C[n+]1ccc(CCc2[nH]ncc2-c2csc(CNC(=O)C3(CC(=O)O)Cc4ccccc4C3)n2)cc1. The highest BCUT2D eigenvalue weighted by Gasteiger charge is 2.45. The number of pyridine rings is 1. The average molecular weight is 503 g/mol. The molecule has 0 aliphatic heterocycles. The molecule has 1 aromatic carbocycles. The second-order valence-electron chi connectivity index (χ2n) is 9.42. The molecular formula is C27H28N5O3S+. The lowest BCUT2D eigenvalue weighted by atomic mass is 9.80. The number of hydrogen-bond acceptors (Lipinski definition) is 5. The zero-order valence-electron chi connectivity index (χ0n) is 20.0. The van der Waals surface area contributed by atoms with Crippen molar-refractivity contribution in [2.45, 2.75) is 38.6 Å². The summed E-state index contributed by atoms with van der Waals surface area (Å²) in [6.07, 6.45) is 8.22. The smallest absolute Gasteiger partial charge is 0.304 e. The second kappa shape index (κ2) is 10.0. The molecule has 8 nitrogen and oxygen atoms in total. The number of rotatable bonds is 9. The van der Waals surface area contributed by atoms with Gasteiger partial charge in [0, 0.05) is 28.8 Å². The van der Waals surface area contributed by atoms with E-state index in [9.17, 15) is 14.7 Å². The first-order valence-electron chi connectivity index (χ1n) is 11.9. The number of benzene rings is 1. The molecule has 3 N–H and O–H groups in total. The summed E-state index contributed by atoms with van der Waals surface area (Å²) in [5.41, 5.74) is 5.17. The molecule has 36 heavy (non-hydrogen) atoms. The van der Waals surface area contributed by atoms with Crippen LogP contribution in [-0.2, 0) is 48.9 Å². The van der Waals surface area contributed by atoms with Gasteiger partial charge in [-0.15, -0.1) is 11.3 Å². The minimum Gasteiger partial charge on any atom is -0.481 e. The highest BCUT2D eigenvalue weighted by molar-refractivity contribution is 7.09. The summed E-state index contributed by atoms with van der Waals surface area (Å²) < 4.78 is 2.01. The number of thiazole rings is 1. The van der Waals surface area contributed by atoms with E-state index in [-0.39, 0.29) is 18.9 Å². The first kappa shape index (κ1) is 23.9. The monoisotopic (exact) mass is 502 g/mol. The maximum absolute atomic E-state index is 13.3. The Balaban J connectivity index is 1.24. The zero-order valence-corrected chi connectivity index (χ0v) is 20.8. The Kier molecular flexibility index (Phi) is 6.65. The van der Waals surface area contributed by atoms with Gasteiger partial charge in [-0.2, -0.15) is 5.10 Å². The van der Waals surface area contributed by atoms with Gasteiger partial charge in [0.05, 0.1) is 30.3 Å². The van der Waals surface area contributed by atoms with Crippen LogP contribution in [0.3, 0.4) is 0 Å². The van der Waals surface area contributed by atoms with Crippen LogP contribution in [0.4, 0.5) is 0 Å². The van der Waals surface area contributed by atoms with Crippen molar-refractivity contribution in [1.82, 2.24) is 20.5 Å². The molecular weight excluding hydrogens is 474 g/mol. The van der Waals surface area contributed by atoms with E-state index in [2.05, 4.69) is 27.6 Å². The molecule has 0 radical (unpaired) electrons. The van der Waals surface area contributed by atoms with Gasteiger partial charge in [0.1, 0.15) is 12.1 Å². The van der Waals surface area contributed by atoms with Crippen LogP contribution in [0, 0.1) is 5.41 Å². The molecule has 184 valence electrons. The number of carbonyl (C=O) groups is 2. The number of amides is 1. The second-order valence-corrected chi connectivity index (χ2v) is 10.4. The number of H-pyrrole nitrogens is 1. The van der Waals surface area contributed by atoms with Crippen molar-refractivity contribution >= 4 is 23.2 Å². The van der Waals surface area contributed by atoms with E-state index in [1.807, 2.05) is 53.7 Å². The molecule has 0 saturated heterocycles. The van der Waals surface area contributed by atoms with Gasteiger partial charge in [0.2, 0.25) is 5.91 Å². The molecule has 0 bridgehead atoms. The fourth-order valence-electron chi connectivity index (χ4n) is 4.90. The molecule has 0 atom stereocenters. The third-order valence-electron chi connectivity index (χ3n) is 6.80. The van der Waals surface area contributed by atoms with E-state index >= 15 is 0 Å². The topological polar surface area (TPSA) is 112 Å². The Bertz CT molecular complexity index is 1370. The van der Waals surface area contributed by atoms with Gasteiger partial charge in [0.25, 0.3) is 0 Å². The van der Waals surface area contributed by atoms with Crippen molar-refractivity contribution in [1.29, 1.82) is 0 Å². The molecule has 3 aromatic heterocycles. The molecule has 1 aliphatic rings. The fourth-order valence-corrected chi connectivity index (χ4v) is 5.63. The predicted octanol–water partition coefficient (Wildman–Crippen LogP) is 3.02. The van der Waals surface area contributed by atoms with Gasteiger partial charge < -0.3 is 10.4 Å². The van der Waals surface area contributed by atoms with Gasteiger partial charge in [-0.05, 0) is 42.4 Å². The van der Waals surface area contributed by atoms with Gasteiger partial charge in [0.15, 0.2) is 12.4 Å². The lowest BCUT2D eigenvalue weighted by Gasteiger charge is -2.25. The lowest BCUT2D eigenvalue weighted by molar-refractivity contribution is -0.671. The summed E-state index contributed by atoms with van der Waals surface area (Å²) in [7, 11) is 2.00.